The molecule has 0 saturated carbocycles. The highest BCUT2D eigenvalue weighted by Gasteiger charge is 2.21. The van der Waals surface area contributed by atoms with Crippen molar-refractivity contribution in [3.63, 3.8) is 0 Å². The van der Waals surface area contributed by atoms with Crippen LogP contribution < -0.4 is 10.6 Å². The molecular formula is C14H27N5. The molecule has 1 heterocycles. The number of likely N-dealkylation sites (N-methyl/N-ethyl adjacent to an activating group) is 2. The number of hydrogen-bond donors (Lipinski definition) is 1. The standard InChI is InChI=1S/C14H27N5/c1-10-11(15)16-13(14(2,3)4)17-12(10)19(7)9-8-18(5)6/h8-9H2,1-7H3,(H2,15,16,17). The Kier molecular flexibility index (Phi) is 4.74. The van der Waals surface area contributed by atoms with Crippen LogP contribution in [0.15, 0.2) is 0 Å². The van der Waals surface area contributed by atoms with E-state index in [2.05, 4.69) is 49.7 Å². The van der Waals surface area contributed by atoms with Gasteiger partial charge in [-0.05, 0) is 21.0 Å². The quantitative estimate of drug-likeness (QED) is 0.897. The molecule has 0 atom stereocenters. The predicted molar refractivity (Wildman–Crippen MR) is 81.7 cm³/mol. The van der Waals surface area contributed by atoms with Crippen LogP contribution in [0, 0.1) is 6.92 Å². The molecule has 0 aliphatic rings. The molecule has 0 spiro atoms. The Labute approximate surface area is 116 Å². The first kappa shape index (κ1) is 15.7. The van der Waals surface area contributed by atoms with E-state index in [1.165, 1.54) is 0 Å². The SMILES string of the molecule is Cc1c(N)nc(C(C)(C)C)nc1N(C)CCN(C)C. The van der Waals surface area contributed by atoms with Crippen LogP contribution in [0.3, 0.4) is 0 Å². The fraction of sp³-hybridized carbons (Fsp3) is 0.714. The molecule has 1 rings (SSSR count). The number of hydrogen-bond acceptors (Lipinski definition) is 5. The third-order valence-corrected chi connectivity index (χ3v) is 3.07. The molecular weight excluding hydrogens is 238 g/mol. The molecule has 0 fully saturated rings. The van der Waals surface area contributed by atoms with E-state index in [9.17, 15) is 0 Å². The first-order valence-electron chi connectivity index (χ1n) is 6.63. The molecule has 0 radical (unpaired) electrons. The van der Waals surface area contributed by atoms with Gasteiger partial charge in [-0.3, -0.25) is 0 Å². The lowest BCUT2D eigenvalue weighted by molar-refractivity contribution is 0.416. The lowest BCUT2D eigenvalue weighted by atomic mass is 9.95. The summed E-state index contributed by atoms with van der Waals surface area (Å²) >= 11 is 0. The van der Waals surface area contributed by atoms with E-state index in [0.29, 0.717) is 5.82 Å². The second-order valence-electron chi connectivity index (χ2n) is 6.36. The van der Waals surface area contributed by atoms with Crippen LogP contribution in [0.4, 0.5) is 11.6 Å². The molecule has 108 valence electrons. The Hall–Kier alpha value is -1.36. The van der Waals surface area contributed by atoms with Crippen LogP contribution in [0.5, 0.6) is 0 Å². The molecule has 0 bridgehead atoms. The fourth-order valence-electron chi connectivity index (χ4n) is 1.68. The third-order valence-electron chi connectivity index (χ3n) is 3.07. The second-order valence-corrected chi connectivity index (χ2v) is 6.36. The minimum atomic E-state index is -0.0983. The number of nitrogens with zero attached hydrogens (tertiary/aromatic N) is 4. The van der Waals surface area contributed by atoms with Gasteiger partial charge in [-0.2, -0.15) is 0 Å². The van der Waals surface area contributed by atoms with E-state index < -0.39 is 0 Å². The number of rotatable bonds is 4. The lowest BCUT2D eigenvalue weighted by Crippen LogP contribution is -2.31. The zero-order valence-electron chi connectivity index (χ0n) is 13.3. The van der Waals surface area contributed by atoms with E-state index in [1.807, 2.05) is 14.0 Å². The molecule has 1 aromatic rings. The van der Waals surface area contributed by atoms with Gasteiger partial charge in [-0.1, -0.05) is 20.8 Å². The van der Waals surface area contributed by atoms with Crippen molar-refractivity contribution >= 4 is 11.6 Å². The third kappa shape index (κ3) is 4.06. The molecule has 0 aliphatic heterocycles. The van der Waals surface area contributed by atoms with Crippen molar-refractivity contribution in [2.75, 3.05) is 44.9 Å². The normalized spacial score (nSPS) is 12.0. The van der Waals surface area contributed by atoms with Gasteiger partial charge >= 0.3 is 0 Å². The first-order chi connectivity index (χ1) is 8.62. The van der Waals surface area contributed by atoms with Gasteiger partial charge in [0.2, 0.25) is 0 Å². The van der Waals surface area contributed by atoms with Gasteiger partial charge < -0.3 is 15.5 Å². The Balaban J connectivity index is 3.09. The van der Waals surface area contributed by atoms with Crippen molar-refractivity contribution < 1.29 is 0 Å². The Morgan fingerprint density at radius 2 is 1.63 bits per heavy atom. The van der Waals surface area contributed by atoms with E-state index in [0.717, 1.165) is 30.3 Å². The largest absolute Gasteiger partial charge is 0.383 e. The lowest BCUT2D eigenvalue weighted by Gasteiger charge is -2.25. The summed E-state index contributed by atoms with van der Waals surface area (Å²) in [5, 5.41) is 0. The fourth-order valence-corrected chi connectivity index (χ4v) is 1.68. The van der Waals surface area contributed by atoms with Gasteiger partial charge in [-0.15, -0.1) is 0 Å². The minimum absolute atomic E-state index is 0.0983. The van der Waals surface area contributed by atoms with Crippen LogP contribution in [0.25, 0.3) is 0 Å². The van der Waals surface area contributed by atoms with Crippen molar-refractivity contribution in [3.05, 3.63) is 11.4 Å². The zero-order chi connectivity index (χ0) is 14.8. The molecule has 0 saturated heterocycles. The first-order valence-corrected chi connectivity index (χ1v) is 6.63. The van der Waals surface area contributed by atoms with Gasteiger partial charge in [0, 0.05) is 31.1 Å². The Morgan fingerprint density at radius 1 is 1.05 bits per heavy atom. The molecule has 1 aromatic heterocycles. The van der Waals surface area contributed by atoms with Crippen LogP contribution in [0.2, 0.25) is 0 Å². The highest BCUT2D eigenvalue weighted by Crippen LogP contribution is 2.26. The van der Waals surface area contributed by atoms with Gasteiger partial charge in [0.15, 0.2) is 0 Å². The van der Waals surface area contributed by atoms with E-state index in [1.54, 1.807) is 0 Å². The summed E-state index contributed by atoms with van der Waals surface area (Å²) in [6, 6.07) is 0. The van der Waals surface area contributed by atoms with Gasteiger partial charge in [0.25, 0.3) is 0 Å². The zero-order valence-corrected chi connectivity index (χ0v) is 13.3. The summed E-state index contributed by atoms with van der Waals surface area (Å²) in [6.45, 7) is 10.2. The van der Waals surface area contributed by atoms with E-state index >= 15 is 0 Å². The number of aromatic nitrogens is 2. The van der Waals surface area contributed by atoms with Crippen molar-refractivity contribution in [2.24, 2.45) is 0 Å². The predicted octanol–water partition coefficient (Wildman–Crippen LogP) is 1.66. The van der Waals surface area contributed by atoms with E-state index in [-0.39, 0.29) is 5.41 Å². The maximum absolute atomic E-state index is 6.02. The summed E-state index contributed by atoms with van der Waals surface area (Å²) in [4.78, 5) is 13.4. The summed E-state index contributed by atoms with van der Waals surface area (Å²) in [5.41, 5.74) is 6.88. The molecule has 0 aliphatic carbocycles. The van der Waals surface area contributed by atoms with Crippen molar-refractivity contribution in [1.29, 1.82) is 0 Å². The molecule has 5 heteroatoms. The van der Waals surface area contributed by atoms with Crippen molar-refractivity contribution in [1.82, 2.24) is 14.9 Å². The topological polar surface area (TPSA) is 58.3 Å². The van der Waals surface area contributed by atoms with E-state index in [4.69, 9.17) is 10.7 Å². The highest BCUT2D eigenvalue weighted by atomic mass is 15.2. The van der Waals surface area contributed by atoms with Crippen LogP contribution in [0.1, 0.15) is 32.2 Å². The summed E-state index contributed by atoms with van der Waals surface area (Å²) < 4.78 is 0. The molecule has 5 nitrogen and oxygen atoms in total. The van der Waals surface area contributed by atoms with Crippen LogP contribution >= 0.6 is 0 Å². The molecule has 19 heavy (non-hydrogen) atoms. The maximum atomic E-state index is 6.02. The summed E-state index contributed by atoms with van der Waals surface area (Å²) in [5.74, 6) is 2.30. The van der Waals surface area contributed by atoms with Gasteiger partial charge in [0.05, 0.1) is 0 Å². The van der Waals surface area contributed by atoms with Crippen molar-refractivity contribution in [2.45, 2.75) is 33.1 Å². The average Bonchev–Trinajstić information content (AvgIpc) is 2.27. The molecule has 0 unspecified atom stereocenters. The number of nitrogen functional groups attached to an aromatic ring is 1. The second kappa shape index (κ2) is 5.74. The summed E-state index contributed by atoms with van der Waals surface area (Å²) in [7, 11) is 6.18. The average molecular weight is 265 g/mol. The van der Waals surface area contributed by atoms with Gasteiger partial charge in [0.1, 0.15) is 17.5 Å². The molecule has 0 amide bonds. The number of nitrogens with two attached hydrogens (primary N) is 1. The van der Waals surface area contributed by atoms with Crippen molar-refractivity contribution in [3.8, 4) is 0 Å². The Bertz CT molecular complexity index is 434. The Morgan fingerprint density at radius 3 is 2.11 bits per heavy atom. The maximum Gasteiger partial charge on any atom is 0.138 e. The smallest absolute Gasteiger partial charge is 0.138 e. The van der Waals surface area contributed by atoms with Crippen LogP contribution in [-0.4, -0.2) is 49.1 Å². The minimum Gasteiger partial charge on any atom is -0.383 e. The number of anilines is 2. The molecule has 2 N–H and O–H groups in total. The monoisotopic (exact) mass is 265 g/mol. The van der Waals surface area contributed by atoms with Crippen LogP contribution in [-0.2, 0) is 5.41 Å². The highest BCUT2D eigenvalue weighted by molar-refractivity contribution is 5.56. The summed E-state index contributed by atoms with van der Waals surface area (Å²) in [6.07, 6.45) is 0. The van der Waals surface area contributed by atoms with Gasteiger partial charge in [-0.25, -0.2) is 9.97 Å². The molecule has 0 aromatic carbocycles.